The van der Waals surface area contributed by atoms with Gasteiger partial charge in [0.25, 0.3) is 11.8 Å². The Morgan fingerprint density at radius 3 is 2.55 bits per heavy atom. The van der Waals surface area contributed by atoms with Crippen LogP contribution in [0.15, 0.2) is 34.5 Å². The van der Waals surface area contributed by atoms with Gasteiger partial charge in [-0.1, -0.05) is 17.8 Å². The average Bonchev–Trinajstić information content (AvgIpc) is 3.36. The van der Waals surface area contributed by atoms with Gasteiger partial charge in [0.15, 0.2) is 16.8 Å². The maximum atomic E-state index is 12.7. The first-order valence-electron chi connectivity index (χ1n) is 11.8. The number of nitrogens with one attached hydrogen (secondary N) is 3. The molecule has 12 N–H and O–H groups in total. The molecule has 2 aliphatic rings. The zero-order valence-electron chi connectivity index (χ0n) is 21.8. The third-order valence-electron chi connectivity index (χ3n) is 5.38. The molecule has 3 rings (SSSR count). The van der Waals surface area contributed by atoms with Gasteiger partial charge in [0.2, 0.25) is 6.61 Å². The quantitative estimate of drug-likeness (QED) is 0.0380. The van der Waals surface area contributed by atoms with E-state index in [9.17, 15) is 29.1 Å². The molecule has 1 saturated heterocycles. The SMILES string of the molecule is C=CC1=C(C(=O)O)N2C(=O)[C@@H](NC(=O)/C(=N\OCC(=O)O)c3csc(N)n3)[C@H]2SC1.N=C(N)NCCCC(N)C(=O)O. The second-order valence-electron chi connectivity index (χ2n) is 8.35. The minimum atomic E-state index is -1.30. The predicted octanol–water partition coefficient (Wildman–Crippen LogP) is -1.88. The van der Waals surface area contributed by atoms with Gasteiger partial charge in [-0.25, -0.2) is 14.6 Å². The van der Waals surface area contributed by atoms with E-state index in [2.05, 4.69) is 32.2 Å². The lowest BCUT2D eigenvalue weighted by Crippen LogP contribution is -2.71. The molecule has 3 atom stereocenters. The lowest BCUT2D eigenvalue weighted by atomic mass is 10.0. The first-order chi connectivity index (χ1) is 19.8. The molecular weight excluding hydrogens is 598 g/mol. The van der Waals surface area contributed by atoms with E-state index in [0.29, 0.717) is 30.7 Å². The van der Waals surface area contributed by atoms with Gasteiger partial charge >= 0.3 is 17.9 Å². The van der Waals surface area contributed by atoms with Gasteiger partial charge in [0.05, 0.1) is 0 Å². The average molecular weight is 628 g/mol. The summed E-state index contributed by atoms with van der Waals surface area (Å²) in [7, 11) is 0. The highest BCUT2D eigenvalue weighted by Gasteiger charge is 2.54. The van der Waals surface area contributed by atoms with Crippen molar-refractivity contribution in [1.82, 2.24) is 20.5 Å². The molecule has 228 valence electrons. The molecule has 0 radical (unpaired) electrons. The highest BCUT2D eigenvalue weighted by atomic mass is 32.2. The number of thioether (sulfide) groups is 1. The third-order valence-corrected chi connectivity index (χ3v) is 7.36. The van der Waals surface area contributed by atoms with Crippen molar-refractivity contribution in [3.8, 4) is 0 Å². The number of carbonyl (C=O) groups excluding carboxylic acids is 2. The number of carboxylic acid groups (broad SMARTS) is 3. The summed E-state index contributed by atoms with van der Waals surface area (Å²) in [5, 5.41) is 42.7. The summed E-state index contributed by atoms with van der Waals surface area (Å²) in [6, 6.07) is -1.83. The smallest absolute Gasteiger partial charge is 0.352 e. The third kappa shape index (κ3) is 8.91. The molecule has 1 aromatic rings. The van der Waals surface area contributed by atoms with Crippen LogP contribution in [-0.4, -0.2) is 103 Å². The fourth-order valence-electron chi connectivity index (χ4n) is 3.43. The Morgan fingerprint density at radius 2 is 2.02 bits per heavy atom. The lowest BCUT2D eigenvalue weighted by molar-refractivity contribution is -0.150. The Kier molecular flexibility index (Phi) is 12.2. The molecule has 0 saturated carbocycles. The van der Waals surface area contributed by atoms with Crippen molar-refractivity contribution in [2.45, 2.75) is 30.3 Å². The highest BCUT2D eigenvalue weighted by Crippen LogP contribution is 2.40. The summed E-state index contributed by atoms with van der Waals surface area (Å²) in [6.45, 7) is 3.26. The van der Waals surface area contributed by atoms with Gasteiger partial charge in [0.1, 0.15) is 28.8 Å². The fourth-order valence-corrected chi connectivity index (χ4v) is 5.32. The zero-order chi connectivity index (χ0) is 31.6. The number of carbonyl (C=O) groups is 5. The van der Waals surface area contributed by atoms with E-state index in [1.54, 1.807) is 0 Å². The molecular formula is C22H29N9O9S2. The van der Waals surface area contributed by atoms with E-state index in [1.807, 2.05) is 0 Å². The number of β-lactam (4-membered cyclic amide) rings is 1. The minimum absolute atomic E-state index is 0.0420. The molecule has 0 aliphatic carbocycles. The molecule has 1 unspecified atom stereocenters. The van der Waals surface area contributed by atoms with Gasteiger partial charge in [-0.15, -0.1) is 23.1 Å². The van der Waals surface area contributed by atoms with Crippen molar-refractivity contribution >= 4 is 69.6 Å². The number of fused-ring (bicyclic) bond motifs is 1. The maximum absolute atomic E-state index is 12.7. The first-order valence-corrected chi connectivity index (χ1v) is 13.7. The van der Waals surface area contributed by atoms with Crippen LogP contribution >= 0.6 is 23.1 Å². The number of amides is 2. The number of guanidine groups is 1. The summed E-state index contributed by atoms with van der Waals surface area (Å²) in [5.41, 5.74) is 15.7. The molecule has 1 fully saturated rings. The van der Waals surface area contributed by atoms with Crippen LogP contribution in [-0.2, 0) is 28.8 Å². The molecule has 1 aromatic heterocycles. The highest BCUT2D eigenvalue weighted by molar-refractivity contribution is 8.00. The number of allylic oxidation sites excluding steroid dienone is 1. The van der Waals surface area contributed by atoms with Crippen LogP contribution in [0.1, 0.15) is 18.5 Å². The van der Waals surface area contributed by atoms with Gasteiger partial charge < -0.3 is 48.0 Å². The van der Waals surface area contributed by atoms with E-state index in [-0.39, 0.29) is 28.2 Å². The summed E-state index contributed by atoms with van der Waals surface area (Å²) < 4.78 is 0. The number of nitrogens with two attached hydrogens (primary N) is 3. The van der Waals surface area contributed by atoms with E-state index in [0.717, 1.165) is 16.2 Å². The number of carboxylic acids is 3. The standard InChI is InChI=1S/C16H15N5O7S2.C6H14N4O2/c1-2-6-4-29-14-10(13(25)21(14)11(6)15(26)27)19-12(24)9(20-28-3-8(22)23)7-5-30-16(17)18-7;7-4(5(11)12)2-1-3-10-6(8)9/h2,5,10,14H,1,3-4H2,(H2,17,18)(H,19,24)(H,22,23)(H,26,27);4H,1-3,7H2,(H,11,12)(H4,8,9,10)/b20-9-;/t10-,14-;/m1./s1. The number of aliphatic carboxylic acids is 3. The van der Waals surface area contributed by atoms with Crippen molar-refractivity contribution in [2.75, 3.05) is 24.6 Å². The van der Waals surface area contributed by atoms with Crippen LogP contribution in [0.4, 0.5) is 5.13 Å². The number of aromatic nitrogens is 1. The Labute approximate surface area is 246 Å². The Balaban J connectivity index is 0.000000435. The van der Waals surface area contributed by atoms with Crippen LogP contribution < -0.4 is 27.8 Å². The number of anilines is 1. The molecule has 0 aromatic carbocycles. The van der Waals surface area contributed by atoms with Crippen LogP contribution in [0.5, 0.6) is 0 Å². The number of hydrogen-bond acceptors (Lipinski definition) is 13. The Hall–Kier alpha value is -4.69. The lowest BCUT2D eigenvalue weighted by Gasteiger charge is -2.49. The topological polar surface area (TPSA) is 310 Å². The van der Waals surface area contributed by atoms with E-state index < -0.39 is 53.8 Å². The van der Waals surface area contributed by atoms with Crippen molar-refractivity contribution in [2.24, 2.45) is 16.6 Å². The number of rotatable bonds is 13. The molecule has 0 spiro atoms. The van der Waals surface area contributed by atoms with E-state index in [1.165, 1.54) is 23.2 Å². The molecule has 3 heterocycles. The number of thiazole rings is 1. The van der Waals surface area contributed by atoms with Crippen LogP contribution in [0.2, 0.25) is 0 Å². The Morgan fingerprint density at radius 1 is 1.33 bits per heavy atom. The number of oxime groups is 1. The van der Waals surface area contributed by atoms with Crippen molar-refractivity contribution < 1.29 is 44.1 Å². The monoisotopic (exact) mass is 627 g/mol. The fraction of sp³-hybridized carbons (Fsp3) is 0.364. The first kappa shape index (κ1) is 33.5. The normalized spacial score (nSPS) is 18.4. The number of nitrogens with zero attached hydrogens (tertiary/aromatic N) is 3. The van der Waals surface area contributed by atoms with Crippen LogP contribution in [0.25, 0.3) is 0 Å². The van der Waals surface area contributed by atoms with Gasteiger partial charge in [0, 0.05) is 17.7 Å². The van der Waals surface area contributed by atoms with Crippen molar-refractivity contribution in [3.05, 3.63) is 35.0 Å². The molecule has 20 heteroatoms. The Bertz CT molecular complexity index is 1310. The molecule has 18 nitrogen and oxygen atoms in total. The summed E-state index contributed by atoms with van der Waals surface area (Å²) >= 11 is 2.30. The largest absolute Gasteiger partial charge is 0.480 e. The summed E-state index contributed by atoms with van der Waals surface area (Å²) in [6.07, 6.45) is 2.35. The molecule has 2 aliphatic heterocycles. The summed E-state index contributed by atoms with van der Waals surface area (Å²) in [5.74, 6) is -4.84. The van der Waals surface area contributed by atoms with Gasteiger partial charge in [-0.3, -0.25) is 24.7 Å². The maximum Gasteiger partial charge on any atom is 0.352 e. The van der Waals surface area contributed by atoms with Gasteiger partial charge in [-0.2, -0.15) is 0 Å². The van der Waals surface area contributed by atoms with E-state index >= 15 is 0 Å². The predicted molar refractivity (Wildman–Crippen MR) is 151 cm³/mol. The molecule has 2 amide bonds. The second-order valence-corrected chi connectivity index (χ2v) is 10.3. The van der Waals surface area contributed by atoms with Crippen molar-refractivity contribution in [1.29, 1.82) is 5.41 Å². The zero-order valence-corrected chi connectivity index (χ0v) is 23.4. The van der Waals surface area contributed by atoms with Crippen molar-refractivity contribution in [3.63, 3.8) is 0 Å². The van der Waals surface area contributed by atoms with Gasteiger partial charge in [-0.05, 0) is 18.4 Å². The van der Waals surface area contributed by atoms with Crippen LogP contribution in [0, 0.1) is 5.41 Å². The summed E-state index contributed by atoms with van der Waals surface area (Å²) in [4.78, 5) is 67.3. The second kappa shape index (κ2) is 15.3. The minimum Gasteiger partial charge on any atom is -0.480 e. The number of hydrogen-bond donors (Lipinski definition) is 9. The number of nitrogen functional groups attached to an aromatic ring is 1. The molecule has 0 bridgehead atoms. The van der Waals surface area contributed by atoms with E-state index in [4.69, 9.17) is 32.8 Å². The molecule has 42 heavy (non-hydrogen) atoms. The van der Waals surface area contributed by atoms with Crippen LogP contribution in [0.3, 0.4) is 0 Å².